The SMILES string of the molecule is CCN1CCC(NC(C)c2ccc(C)c(F)c2)CC1. The number of halogens is 1. The molecule has 1 aliphatic heterocycles. The summed E-state index contributed by atoms with van der Waals surface area (Å²) in [5, 5.41) is 3.63. The van der Waals surface area contributed by atoms with Gasteiger partial charge in [0.05, 0.1) is 0 Å². The second-order valence-electron chi connectivity index (χ2n) is 5.61. The van der Waals surface area contributed by atoms with Gasteiger partial charge >= 0.3 is 0 Å². The minimum Gasteiger partial charge on any atom is -0.307 e. The lowest BCUT2D eigenvalue weighted by Crippen LogP contribution is -2.43. The third-order valence-electron chi connectivity index (χ3n) is 4.22. The molecule has 0 aliphatic carbocycles. The summed E-state index contributed by atoms with van der Waals surface area (Å²) in [5.74, 6) is -0.105. The summed E-state index contributed by atoms with van der Waals surface area (Å²) in [7, 11) is 0. The Kier molecular flexibility index (Phi) is 4.94. The average Bonchev–Trinajstić information content (AvgIpc) is 2.42. The third-order valence-corrected chi connectivity index (χ3v) is 4.22. The van der Waals surface area contributed by atoms with Gasteiger partial charge in [0.25, 0.3) is 0 Å². The highest BCUT2D eigenvalue weighted by molar-refractivity contribution is 5.25. The van der Waals surface area contributed by atoms with Gasteiger partial charge in [0, 0.05) is 12.1 Å². The molecule has 1 aromatic carbocycles. The maximum atomic E-state index is 13.6. The van der Waals surface area contributed by atoms with Crippen LogP contribution in [0.25, 0.3) is 0 Å². The zero-order valence-corrected chi connectivity index (χ0v) is 12.2. The summed E-state index contributed by atoms with van der Waals surface area (Å²) in [6.45, 7) is 9.62. The number of likely N-dealkylation sites (tertiary alicyclic amines) is 1. The molecule has 1 unspecified atom stereocenters. The van der Waals surface area contributed by atoms with E-state index in [0.29, 0.717) is 11.6 Å². The molecular weight excluding hydrogens is 239 g/mol. The van der Waals surface area contributed by atoms with E-state index in [0.717, 1.165) is 12.1 Å². The fourth-order valence-corrected chi connectivity index (χ4v) is 2.74. The quantitative estimate of drug-likeness (QED) is 0.898. The van der Waals surface area contributed by atoms with E-state index in [2.05, 4.69) is 24.1 Å². The highest BCUT2D eigenvalue weighted by Crippen LogP contribution is 2.19. The first kappa shape index (κ1) is 14.5. The van der Waals surface area contributed by atoms with Gasteiger partial charge in [-0.25, -0.2) is 4.39 Å². The van der Waals surface area contributed by atoms with Gasteiger partial charge in [-0.1, -0.05) is 19.1 Å². The number of rotatable bonds is 4. The molecule has 1 atom stereocenters. The molecule has 19 heavy (non-hydrogen) atoms. The summed E-state index contributed by atoms with van der Waals surface area (Å²) < 4.78 is 13.6. The lowest BCUT2D eigenvalue weighted by atomic mass is 10.0. The van der Waals surface area contributed by atoms with Crippen molar-refractivity contribution in [2.24, 2.45) is 0 Å². The van der Waals surface area contributed by atoms with Gasteiger partial charge in [-0.05, 0) is 63.5 Å². The first-order valence-electron chi connectivity index (χ1n) is 7.34. The van der Waals surface area contributed by atoms with Gasteiger partial charge in [0.1, 0.15) is 5.82 Å². The van der Waals surface area contributed by atoms with Crippen molar-refractivity contribution in [2.45, 2.75) is 45.7 Å². The number of aryl methyl sites for hydroxylation is 1. The molecule has 0 aromatic heterocycles. The maximum absolute atomic E-state index is 13.6. The molecule has 1 fully saturated rings. The van der Waals surface area contributed by atoms with Gasteiger partial charge in [0.15, 0.2) is 0 Å². The molecule has 1 aliphatic rings. The zero-order chi connectivity index (χ0) is 13.8. The molecule has 0 saturated carbocycles. The number of benzene rings is 1. The first-order chi connectivity index (χ1) is 9.10. The molecule has 1 N–H and O–H groups in total. The zero-order valence-electron chi connectivity index (χ0n) is 12.2. The van der Waals surface area contributed by atoms with E-state index in [1.165, 1.54) is 25.9 Å². The molecule has 0 spiro atoms. The van der Waals surface area contributed by atoms with Crippen LogP contribution in [0.5, 0.6) is 0 Å². The molecule has 106 valence electrons. The predicted octanol–water partition coefficient (Wildman–Crippen LogP) is 3.27. The second kappa shape index (κ2) is 6.49. The van der Waals surface area contributed by atoms with Crippen molar-refractivity contribution in [1.82, 2.24) is 10.2 Å². The van der Waals surface area contributed by atoms with Gasteiger partial charge in [-0.3, -0.25) is 0 Å². The molecule has 1 saturated heterocycles. The molecule has 1 aromatic rings. The Labute approximate surface area is 116 Å². The molecule has 0 bridgehead atoms. The number of hydrogen-bond acceptors (Lipinski definition) is 2. The summed E-state index contributed by atoms with van der Waals surface area (Å²) >= 11 is 0. The van der Waals surface area contributed by atoms with Crippen molar-refractivity contribution in [3.8, 4) is 0 Å². The van der Waals surface area contributed by atoms with Gasteiger partial charge < -0.3 is 10.2 Å². The summed E-state index contributed by atoms with van der Waals surface area (Å²) in [6, 6.07) is 6.32. The monoisotopic (exact) mass is 264 g/mol. The Bertz CT molecular complexity index is 411. The Balaban J connectivity index is 1.90. The molecule has 0 amide bonds. The van der Waals surface area contributed by atoms with Crippen LogP contribution in [-0.2, 0) is 0 Å². The van der Waals surface area contributed by atoms with Crippen LogP contribution >= 0.6 is 0 Å². The number of hydrogen-bond donors (Lipinski definition) is 1. The van der Waals surface area contributed by atoms with E-state index in [9.17, 15) is 4.39 Å². The highest BCUT2D eigenvalue weighted by Gasteiger charge is 2.20. The normalized spacial score (nSPS) is 19.6. The summed E-state index contributed by atoms with van der Waals surface area (Å²) in [4.78, 5) is 2.48. The van der Waals surface area contributed by atoms with Crippen molar-refractivity contribution in [3.05, 3.63) is 35.1 Å². The molecular formula is C16H25FN2. The van der Waals surface area contributed by atoms with E-state index < -0.39 is 0 Å². The lowest BCUT2D eigenvalue weighted by molar-refractivity contribution is 0.200. The van der Waals surface area contributed by atoms with Crippen LogP contribution < -0.4 is 5.32 Å². The van der Waals surface area contributed by atoms with Crippen LogP contribution in [0.2, 0.25) is 0 Å². The number of nitrogens with zero attached hydrogens (tertiary/aromatic N) is 1. The maximum Gasteiger partial charge on any atom is 0.126 e. The highest BCUT2D eigenvalue weighted by atomic mass is 19.1. The average molecular weight is 264 g/mol. The number of nitrogens with one attached hydrogen (secondary N) is 1. The fourth-order valence-electron chi connectivity index (χ4n) is 2.74. The van der Waals surface area contributed by atoms with Crippen LogP contribution in [0, 0.1) is 12.7 Å². The lowest BCUT2D eigenvalue weighted by Gasteiger charge is -2.33. The van der Waals surface area contributed by atoms with E-state index in [1.54, 1.807) is 13.0 Å². The van der Waals surface area contributed by atoms with Crippen LogP contribution in [0.3, 0.4) is 0 Å². The third kappa shape index (κ3) is 3.77. The molecule has 0 radical (unpaired) electrons. The first-order valence-corrected chi connectivity index (χ1v) is 7.34. The van der Waals surface area contributed by atoms with E-state index in [1.807, 2.05) is 12.1 Å². The standard InChI is InChI=1S/C16H25FN2/c1-4-19-9-7-15(8-10-19)18-13(3)14-6-5-12(2)16(17)11-14/h5-6,11,13,15,18H,4,7-10H2,1-3H3. The van der Waals surface area contributed by atoms with Gasteiger partial charge in [0.2, 0.25) is 0 Å². The van der Waals surface area contributed by atoms with Gasteiger partial charge in [-0.2, -0.15) is 0 Å². The Hall–Kier alpha value is -0.930. The van der Waals surface area contributed by atoms with E-state index in [-0.39, 0.29) is 11.9 Å². The summed E-state index contributed by atoms with van der Waals surface area (Å²) in [6.07, 6.45) is 2.37. The van der Waals surface area contributed by atoms with Crippen molar-refractivity contribution in [2.75, 3.05) is 19.6 Å². The Morgan fingerprint density at radius 3 is 2.63 bits per heavy atom. The van der Waals surface area contributed by atoms with Crippen LogP contribution in [-0.4, -0.2) is 30.6 Å². The number of piperidine rings is 1. The second-order valence-corrected chi connectivity index (χ2v) is 5.61. The largest absolute Gasteiger partial charge is 0.307 e. The fraction of sp³-hybridized carbons (Fsp3) is 0.625. The molecule has 2 rings (SSSR count). The smallest absolute Gasteiger partial charge is 0.126 e. The predicted molar refractivity (Wildman–Crippen MR) is 77.8 cm³/mol. The van der Waals surface area contributed by atoms with Gasteiger partial charge in [-0.15, -0.1) is 0 Å². The summed E-state index contributed by atoms with van der Waals surface area (Å²) in [5.41, 5.74) is 1.76. The Morgan fingerprint density at radius 1 is 1.37 bits per heavy atom. The van der Waals surface area contributed by atoms with Crippen molar-refractivity contribution in [1.29, 1.82) is 0 Å². The molecule has 3 heteroatoms. The topological polar surface area (TPSA) is 15.3 Å². The molecule has 1 heterocycles. The van der Waals surface area contributed by atoms with Crippen molar-refractivity contribution in [3.63, 3.8) is 0 Å². The van der Waals surface area contributed by atoms with E-state index >= 15 is 0 Å². The van der Waals surface area contributed by atoms with Crippen LogP contribution in [0.4, 0.5) is 4.39 Å². The minimum absolute atomic E-state index is 0.105. The van der Waals surface area contributed by atoms with Crippen LogP contribution in [0.1, 0.15) is 43.9 Å². The minimum atomic E-state index is -0.105. The van der Waals surface area contributed by atoms with Crippen molar-refractivity contribution < 1.29 is 4.39 Å². The molecule has 2 nitrogen and oxygen atoms in total. The Morgan fingerprint density at radius 2 is 2.05 bits per heavy atom. The van der Waals surface area contributed by atoms with Crippen molar-refractivity contribution >= 4 is 0 Å². The van der Waals surface area contributed by atoms with E-state index in [4.69, 9.17) is 0 Å². The van der Waals surface area contributed by atoms with Crippen LogP contribution in [0.15, 0.2) is 18.2 Å².